The number of nitrogens with two attached hydrogens (primary N) is 2. The summed E-state index contributed by atoms with van der Waals surface area (Å²) in [5, 5.41) is 3.20. The largest absolute Gasteiger partial charge is 0.396 e. The van der Waals surface area contributed by atoms with Gasteiger partial charge in [0.05, 0.1) is 5.69 Å². The fourth-order valence-corrected chi connectivity index (χ4v) is 1.41. The number of pyridine rings is 1. The van der Waals surface area contributed by atoms with Crippen LogP contribution in [0.1, 0.15) is 37.2 Å². The van der Waals surface area contributed by atoms with Crippen LogP contribution in [0.3, 0.4) is 0 Å². The number of carbonyl (C=O) groups excluding carboxylic acids is 1. The maximum Gasteiger partial charge on any atom is 0.267 e. The van der Waals surface area contributed by atoms with E-state index in [-0.39, 0.29) is 5.69 Å². The number of nitrogens with zero attached hydrogens (tertiary/aromatic N) is 1. The van der Waals surface area contributed by atoms with E-state index >= 15 is 0 Å². The molecule has 0 radical (unpaired) electrons. The van der Waals surface area contributed by atoms with E-state index in [0.29, 0.717) is 17.5 Å². The average Bonchev–Trinajstić information content (AvgIpc) is 2.27. The van der Waals surface area contributed by atoms with Crippen molar-refractivity contribution in [3.8, 4) is 0 Å². The molecule has 1 aromatic rings. The molecule has 1 amide bonds. The Kier molecular flexibility index (Phi) is 4.10. The maximum atomic E-state index is 11.0. The fraction of sp³-hybridized carbons (Fsp3) is 0.455. The predicted molar refractivity (Wildman–Crippen MR) is 65.2 cm³/mol. The van der Waals surface area contributed by atoms with E-state index in [9.17, 15) is 4.79 Å². The van der Waals surface area contributed by atoms with Crippen molar-refractivity contribution in [1.29, 1.82) is 0 Å². The molecule has 5 N–H and O–H groups in total. The first-order valence-electron chi connectivity index (χ1n) is 5.41. The summed E-state index contributed by atoms with van der Waals surface area (Å²) in [6.07, 6.45) is 1.94. The lowest BCUT2D eigenvalue weighted by Crippen LogP contribution is -2.21. The van der Waals surface area contributed by atoms with Crippen molar-refractivity contribution in [1.82, 2.24) is 4.98 Å². The van der Waals surface area contributed by atoms with Crippen LogP contribution in [0.4, 0.5) is 11.5 Å². The molecule has 5 nitrogen and oxygen atoms in total. The van der Waals surface area contributed by atoms with Gasteiger partial charge in [-0.2, -0.15) is 0 Å². The van der Waals surface area contributed by atoms with Crippen molar-refractivity contribution in [3.05, 3.63) is 17.8 Å². The van der Waals surface area contributed by atoms with Gasteiger partial charge in [-0.15, -0.1) is 0 Å². The van der Waals surface area contributed by atoms with E-state index in [0.717, 1.165) is 12.8 Å². The molecular weight excluding hydrogens is 204 g/mol. The molecule has 16 heavy (non-hydrogen) atoms. The third-order valence-corrected chi connectivity index (χ3v) is 2.51. The summed E-state index contributed by atoms with van der Waals surface area (Å²) in [6, 6.07) is 3.46. The van der Waals surface area contributed by atoms with Crippen LogP contribution in [-0.4, -0.2) is 16.9 Å². The SMILES string of the molecule is CCC(CC)Nc1nc(C(N)=O)ccc1N. The molecule has 1 heterocycles. The summed E-state index contributed by atoms with van der Waals surface area (Å²) < 4.78 is 0. The second kappa shape index (κ2) is 5.34. The van der Waals surface area contributed by atoms with Gasteiger partial charge in [0.15, 0.2) is 0 Å². The monoisotopic (exact) mass is 222 g/mol. The van der Waals surface area contributed by atoms with Gasteiger partial charge in [-0.05, 0) is 25.0 Å². The van der Waals surface area contributed by atoms with Crippen LogP contribution in [0.15, 0.2) is 12.1 Å². The molecule has 1 aromatic heterocycles. The van der Waals surface area contributed by atoms with Crippen LogP contribution >= 0.6 is 0 Å². The molecule has 0 unspecified atom stereocenters. The Morgan fingerprint density at radius 1 is 1.44 bits per heavy atom. The standard InChI is InChI=1S/C11H18N4O/c1-3-7(4-2)14-11-8(12)5-6-9(15-11)10(13)16/h5-7H,3-4,12H2,1-2H3,(H2,13,16)(H,14,15). The Hall–Kier alpha value is -1.78. The molecule has 0 aliphatic carbocycles. The van der Waals surface area contributed by atoms with Gasteiger partial charge in [-0.1, -0.05) is 13.8 Å². The second-order valence-electron chi connectivity index (χ2n) is 3.66. The highest BCUT2D eigenvalue weighted by Crippen LogP contribution is 2.18. The molecule has 0 bridgehead atoms. The average molecular weight is 222 g/mol. The quantitative estimate of drug-likeness (QED) is 0.701. The van der Waals surface area contributed by atoms with Crippen LogP contribution in [0, 0.1) is 0 Å². The number of nitrogen functional groups attached to an aromatic ring is 1. The predicted octanol–water partition coefficient (Wildman–Crippen LogP) is 1.36. The number of aromatic nitrogens is 1. The lowest BCUT2D eigenvalue weighted by molar-refractivity contribution is 0.0995. The Balaban J connectivity index is 2.93. The second-order valence-corrected chi connectivity index (χ2v) is 3.66. The van der Waals surface area contributed by atoms with Crippen LogP contribution in [0.5, 0.6) is 0 Å². The van der Waals surface area contributed by atoms with Gasteiger partial charge in [-0.3, -0.25) is 4.79 Å². The van der Waals surface area contributed by atoms with Crippen molar-refractivity contribution >= 4 is 17.4 Å². The first-order chi connectivity index (χ1) is 7.58. The number of nitrogens with one attached hydrogen (secondary N) is 1. The summed E-state index contributed by atoms with van der Waals surface area (Å²) in [5.41, 5.74) is 11.7. The van der Waals surface area contributed by atoms with Crippen molar-refractivity contribution in [2.24, 2.45) is 5.73 Å². The molecule has 88 valence electrons. The van der Waals surface area contributed by atoms with E-state index in [1.54, 1.807) is 6.07 Å². The van der Waals surface area contributed by atoms with E-state index < -0.39 is 5.91 Å². The first-order valence-corrected chi connectivity index (χ1v) is 5.41. The molecule has 0 aliphatic heterocycles. The van der Waals surface area contributed by atoms with Crippen LogP contribution in [0.25, 0.3) is 0 Å². The minimum absolute atomic E-state index is 0.225. The molecule has 0 aliphatic rings. The van der Waals surface area contributed by atoms with Gasteiger partial charge in [0.25, 0.3) is 5.91 Å². The van der Waals surface area contributed by atoms with Crippen LogP contribution < -0.4 is 16.8 Å². The third-order valence-electron chi connectivity index (χ3n) is 2.51. The molecule has 1 rings (SSSR count). The van der Waals surface area contributed by atoms with Crippen molar-refractivity contribution < 1.29 is 4.79 Å². The highest BCUT2D eigenvalue weighted by atomic mass is 16.1. The molecule has 0 saturated carbocycles. The van der Waals surface area contributed by atoms with E-state index in [1.807, 2.05) is 0 Å². The molecule has 0 atom stereocenters. The number of hydrogen-bond donors (Lipinski definition) is 3. The molecule has 0 spiro atoms. The number of primary amides is 1. The fourth-order valence-electron chi connectivity index (χ4n) is 1.41. The Bertz CT molecular complexity index is 374. The van der Waals surface area contributed by atoms with Gasteiger partial charge in [-0.25, -0.2) is 4.98 Å². The summed E-state index contributed by atoms with van der Waals surface area (Å²) in [7, 11) is 0. The van der Waals surface area contributed by atoms with Gasteiger partial charge in [0, 0.05) is 6.04 Å². The van der Waals surface area contributed by atoms with E-state index in [4.69, 9.17) is 11.5 Å². The highest BCUT2D eigenvalue weighted by Gasteiger charge is 2.10. The van der Waals surface area contributed by atoms with Crippen LogP contribution in [0.2, 0.25) is 0 Å². The smallest absolute Gasteiger partial charge is 0.267 e. The highest BCUT2D eigenvalue weighted by molar-refractivity contribution is 5.91. The summed E-state index contributed by atoms with van der Waals surface area (Å²) >= 11 is 0. The molecule has 0 saturated heterocycles. The van der Waals surface area contributed by atoms with Gasteiger partial charge in [0.1, 0.15) is 11.5 Å². The lowest BCUT2D eigenvalue weighted by atomic mass is 10.1. The van der Waals surface area contributed by atoms with E-state index in [1.165, 1.54) is 6.07 Å². The van der Waals surface area contributed by atoms with Gasteiger partial charge < -0.3 is 16.8 Å². The topological polar surface area (TPSA) is 94.0 Å². The molecular formula is C11H18N4O. The Morgan fingerprint density at radius 2 is 2.06 bits per heavy atom. The Labute approximate surface area is 95.2 Å². The number of carbonyl (C=O) groups is 1. The number of rotatable bonds is 5. The first kappa shape index (κ1) is 12.3. The summed E-state index contributed by atoms with van der Waals surface area (Å²) in [4.78, 5) is 15.1. The van der Waals surface area contributed by atoms with Crippen molar-refractivity contribution in [3.63, 3.8) is 0 Å². The Morgan fingerprint density at radius 3 is 2.56 bits per heavy atom. The zero-order valence-electron chi connectivity index (χ0n) is 9.66. The van der Waals surface area contributed by atoms with Gasteiger partial charge >= 0.3 is 0 Å². The van der Waals surface area contributed by atoms with Gasteiger partial charge in [0.2, 0.25) is 0 Å². The normalized spacial score (nSPS) is 10.4. The summed E-state index contributed by atoms with van der Waals surface area (Å²) in [5.74, 6) is -0.0161. The molecule has 0 aromatic carbocycles. The summed E-state index contributed by atoms with van der Waals surface area (Å²) in [6.45, 7) is 4.16. The number of amides is 1. The third kappa shape index (κ3) is 2.85. The zero-order chi connectivity index (χ0) is 12.1. The zero-order valence-corrected chi connectivity index (χ0v) is 9.66. The minimum atomic E-state index is -0.549. The van der Waals surface area contributed by atoms with Crippen LogP contribution in [-0.2, 0) is 0 Å². The minimum Gasteiger partial charge on any atom is -0.396 e. The van der Waals surface area contributed by atoms with E-state index in [2.05, 4.69) is 24.1 Å². The molecule has 0 fully saturated rings. The lowest BCUT2D eigenvalue weighted by Gasteiger charge is -2.17. The maximum absolute atomic E-state index is 11.0. The molecule has 5 heteroatoms. The number of hydrogen-bond acceptors (Lipinski definition) is 4. The number of anilines is 2. The van der Waals surface area contributed by atoms with Crippen molar-refractivity contribution in [2.45, 2.75) is 32.7 Å². The van der Waals surface area contributed by atoms with Crippen molar-refractivity contribution in [2.75, 3.05) is 11.1 Å².